The molecule has 1 aliphatic heterocycles. The largest absolute Gasteiger partial charge is 0.449 e. The van der Waals surface area contributed by atoms with Crippen LogP contribution in [0.3, 0.4) is 0 Å². The fourth-order valence-electron chi connectivity index (χ4n) is 2.00. The zero-order chi connectivity index (χ0) is 13.4. The van der Waals surface area contributed by atoms with Crippen molar-refractivity contribution in [3.05, 3.63) is 0 Å². The average Bonchev–Trinajstić information content (AvgIpc) is 2.58. The molecule has 0 aromatic rings. The van der Waals surface area contributed by atoms with Gasteiger partial charge in [0.2, 0.25) is 0 Å². The lowest BCUT2D eigenvalue weighted by Crippen LogP contribution is -2.36. The number of aliphatic hydroxyl groups excluding tert-OH is 1. The molecule has 18 heavy (non-hydrogen) atoms. The Hall–Kier alpha value is -0.810. The van der Waals surface area contributed by atoms with E-state index in [1.165, 1.54) is 0 Å². The monoisotopic (exact) mass is 258 g/mol. The highest BCUT2D eigenvalue weighted by molar-refractivity contribution is 5.67. The Morgan fingerprint density at radius 2 is 2.06 bits per heavy atom. The zero-order valence-corrected chi connectivity index (χ0v) is 11.6. The molecule has 1 amide bonds. The molecule has 1 N–H and O–H groups in total. The first-order valence-corrected chi connectivity index (χ1v) is 6.88. The predicted octanol–water partition coefficient (Wildman–Crippen LogP) is 1.17. The van der Waals surface area contributed by atoms with E-state index in [4.69, 9.17) is 9.84 Å². The molecule has 0 radical (unpaired) electrons. The summed E-state index contributed by atoms with van der Waals surface area (Å²) in [4.78, 5) is 15.9. The number of rotatable bonds is 5. The van der Waals surface area contributed by atoms with Crippen LogP contribution in [0.25, 0.3) is 0 Å². The second kappa shape index (κ2) is 8.32. The first-order chi connectivity index (χ1) is 8.63. The van der Waals surface area contributed by atoms with Crippen molar-refractivity contribution in [1.29, 1.82) is 0 Å². The van der Waals surface area contributed by atoms with Crippen LogP contribution < -0.4 is 0 Å². The number of carbonyl (C=O) groups is 1. The second-order valence-corrected chi connectivity index (χ2v) is 5.23. The van der Waals surface area contributed by atoms with Gasteiger partial charge in [0, 0.05) is 32.8 Å². The lowest BCUT2D eigenvalue weighted by molar-refractivity contribution is 0.0929. The minimum Gasteiger partial charge on any atom is -0.449 e. The van der Waals surface area contributed by atoms with Gasteiger partial charge in [-0.25, -0.2) is 4.79 Å². The fraction of sp³-hybridized carbons (Fsp3) is 0.923. The van der Waals surface area contributed by atoms with E-state index in [0.717, 1.165) is 45.6 Å². The summed E-state index contributed by atoms with van der Waals surface area (Å²) in [6.07, 6.45) is 1.59. The van der Waals surface area contributed by atoms with Gasteiger partial charge >= 0.3 is 6.09 Å². The number of ether oxygens (including phenoxy) is 1. The molecular formula is C13H26N2O3. The summed E-state index contributed by atoms with van der Waals surface area (Å²) in [7, 11) is 0. The number of hydrogen-bond donors (Lipinski definition) is 1. The van der Waals surface area contributed by atoms with Gasteiger partial charge in [0.05, 0.1) is 6.61 Å². The minimum atomic E-state index is -0.187. The molecule has 0 atom stereocenters. The third-order valence-electron chi connectivity index (χ3n) is 3.02. The molecule has 0 saturated carbocycles. The van der Waals surface area contributed by atoms with Crippen molar-refractivity contribution in [2.24, 2.45) is 5.92 Å². The molecule has 0 bridgehead atoms. The standard InChI is InChI=1S/C13H26N2O3/c1-12(2)11-18-13(17)15-7-3-5-14(8-9-15)6-4-10-16/h12,16H,3-11H2,1-2H3. The quantitative estimate of drug-likeness (QED) is 0.804. The summed E-state index contributed by atoms with van der Waals surface area (Å²) >= 11 is 0. The van der Waals surface area contributed by atoms with Crippen LogP contribution in [0.2, 0.25) is 0 Å². The lowest BCUT2D eigenvalue weighted by Gasteiger charge is -2.21. The summed E-state index contributed by atoms with van der Waals surface area (Å²) in [6.45, 7) is 9.06. The topological polar surface area (TPSA) is 53.0 Å². The van der Waals surface area contributed by atoms with Crippen LogP contribution in [-0.4, -0.2) is 66.9 Å². The van der Waals surface area contributed by atoms with E-state index < -0.39 is 0 Å². The van der Waals surface area contributed by atoms with Gasteiger partial charge < -0.3 is 19.6 Å². The molecule has 0 unspecified atom stereocenters. The van der Waals surface area contributed by atoms with Gasteiger partial charge in [-0.05, 0) is 25.3 Å². The molecule has 1 aliphatic rings. The van der Waals surface area contributed by atoms with Crippen LogP contribution >= 0.6 is 0 Å². The normalized spacial score (nSPS) is 17.9. The van der Waals surface area contributed by atoms with Gasteiger partial charge in [0.15, 0.2) is 0 Å². The Bertz CT molecular complexity index is 246. The minimum absolute atomic E-state index is 0.187. The van der Waals surface area contributed by atoms with Gasteiger partial charge in [0.1, 0.15) is 0 Å². The lowest BCUT2D eigenvalue weighted by atomic mass is 10.2. The zero-order valence-electron chi connectivity index (χ0n) is 11.6. The molecule has 0 aromatic heterocycles. The SMILES string of the molecule is CC(C)COC(=O)N1CCCN(CCCO)CC1. The molecule has 0 aromatic carbocycles. The first-order valence-electron chi connectivity index (χ1n) is 6.88. The van der Waals surface area contributed by atoms with E-state index in [9.17, 15) is 4.79 Å². The number of aliphatic hydroxyl groups is 1. The summed E-state index contributed by atoms with van der Waals surface area (Å²) in [5.41, 5.74) is 0. The van der Waals surface area contributed by atoms with Gasteiger partial charge in [-0.1, -0.05) is 13.8 Å². The van der Waals surface area contributed by atoms with Gasteiger partial charge in [0.25, 0.3) is 0 Å². The summed E-state index contributed by atoms with van der Waals surface area (Å²) in [6, 6.07) is 0. The van der Waals surface area contributed by atoms with E-state index in [1.54, 1.807) is 4.90 Å². The molecule has 5 heteroatoms. The van der Waals surface area contributed by atoms with Crippen molar-refractivity contribution < 1.29 is 14.6 Å². The van der Waals surface area contributed by atoms with E-state index in [0.29, 0.717) is 12.5 Å². The summed E-state index contributed by atoms with van der Waals surface area (Å²) in [5.74, 6) is 0.377. The predicted molar refractivity (Wildman–Crippen MR) is 70.5 cm³/mol. The van der Waals surface area contributed by atoms with Gasteiger partial charge in [-0.3, -0.25) is 0 Å². The smallest absolute Gasteiger partial charge is 0.409 e. The van der Waals surface area contributed by atoms with Gasteiger partial charge in [-0.2, -0.15) is 0 Å². The van der Waals surface area contributed by atoms with Crippen molar-refractivity contribution in [2.45, 2.75) is 26.7 Å². The van der Waals surface area contributed by atoms with Crippen molar-refractivity contribution in [2.75, 3.05) is 45.9 Å². The molecule has 5 nitrogen and oxygen atoms in total. The Kier molecular flexibility index (Phi) is 7.05. The number of nitrogens with zero attached hydrogens (tertiary/aromatic N) is 2. The van der Waals surface area contributed by atoms with Crippen molar-refractivity contribution in [3.63, 3.8) is 0 Å². The van der Waals surface area contributed by atoms with Crippen LogP contribution in [0.4, 0.5) is 4.79 Å². The van der Waals surface area contributed by atoms with Crippen molar-refractivity contribution in [3.8, 4) is 0 Å². The van der Waals surface area contributed by atoms with Crippen molar-refractivity contribution >= 4 is 6.09 Å². The maximum Gasteiger partial charge on any atom is 0.409 e. The average molecular weight is 258 g/mol. The molecule has 1 fully saturated rings. The van der Waals surface area contributed by atoms with E-state index in [1.807, 2.05) is 13.8 Å². The highest BCUT2D eigenvalue weighted by Crippen LogP contribution is 2.06. The van der Waals surface area contributed by atoms with Crippen LogP contribution in [0.5, 0.6) is 0 Å². The molecular weight excluding hydrogens is 232 g/mol. The Morgan fingerprint density at radius 1 is 1.28 bits per heavy atom. The Labute approximate surface area is 110 Å². The van der Waals surface area contributed by atoms with Crippen molar-refractivity contribution in [1.82, 2.24) is 9.80 Å². The number of carbonyl (C=O) groups excluding carboxylic acids is 1. The molecule has 1 heterocycles. The highest BCUT2D eigenvalue weighted by Gasteiger charge is 2.19. The Balaban J connectivity index is 2.29. The third-order valence-corrected chi connectivity index (χ3v) is 3.02. The third kappa shape index (κ3) is 5.69. The fourth-order valence-corrected chi connectivity index (χ4v) is 2.00. The van der Waals surface area contributed by atoms with Gasteiger partial charge in [-0.15, -0.1) is 0 Å². The van der Waals surface area contributed by atoms with Crippen LogP contribution in [-0.2, 0) is 4.74 Å². The van der Waals surface area contributed by atoms with E-state index in [-0.39, 0.29) is 12.7 Å². The summed E-state index contributed by atoms with van der Waals surface area (Å²) < 4.78 is 5.24. The molecule has 1 saturated heterocycles. The molecule has 0 aliphatic carbocycles. The van der Waals surface area contributed by atoms with E-state index >= 15 is 0 Å². The molecule has 0 spiro atoms. The second-order valence-electron chi connectivity index (χ2n) is 5.23. The van der Waals surface area contributed by atoms with Crippen LogP contribution in [0.1, 0.15) is 26.7 Å². The number of amides is 1. The maximum absolute atomic E-state index is 11.8. The van der Waals surface area contributed by atoms with Crippen LogP contribution in [0, 0.1) is 5.92 Å². The first kappa shape index (κ1) is 15.2. The highest BCUT2D eigenvalue weighted by atomic mass is 16.6. The Morgan fingerprint density at radius 3 is 2.72 bits per heavy atom. The van der Waals surface area contributed by atoms with E-state index in [2.05, 4.69) is 4.90 Å². The van der Waals surface area contributed by atoms with Crippen LogP contribution in [0.15, 0.2) is 0 Å². The summed E-state index contributed by atoms with van der Waals surface area (Å²) in [5, 5.41) is 8.82. The number of hydrogen-bond acceptors (Lipinski definition) is 4. The molecule has 106 valence electrons. The molecule has 1 rings (SSSR count). The maximum atomic E-state index is 11.8.